The minimum atomic E-state index is -4.96. The summed E-state index contributed by atoms with van der Waals surface area (Å²) < 4.78 is 32.4. The molecule has 0 aliphatic carbocycles. The van der Waals surface area contributed by atoms with Gasteiger partial charge in [0.15, 0.2) is 10.3 Å². The van der Waals surface area contributed by atoms with E-state index in [4.69, 9.17) is 0 Å². The zero-order valence-electron chi connectivity index (χ0n) is 11.4. The monoisotopic (exact) mass is 371 g/mol. The molecule has 1 aromatic rings. The molecule has 0 bridgehead atoms. The number of carbonyl (C=O) groups is 3. The maximum Gasteiger partial charge on any atom is 1.00 e. The van der Waals surface area contributed by atoms with Gasteiger partial charge < -0.3 is 15.2 Å². The Morgan fingerprint density at radius 1 is 1.55 bits per heavy atom. The number of carbonyl (C=O) groups excluding carboxylic acids is 3. The van der Waals surface area contributed by atoms with Crippen molar-refractivity contribution < 1.29 is 78.7 Å². The summed E-state index contributed by atoms with van der Waals surface area (Å²) in [5.74, 6) is -1.77. The molecule has 0 aromatic carbocycles. The molecule has 3 amide bonds. The molecule has 1 aliphatic heterocycles. The topological polar surface area (TPSA) is 136 Å². The molecular formula is C10H10KN3O6S2. The van der Waals surface area contributed by atoms with E-state index in [1.165, 1.54) is 11.3 Å². The Morgan fingerprint density at radius 2 is 2.23 bits per heavy atom. The molecule has 0 radical (unpaired) electrons. The van der Waals surface area contributed by atoms with Crippen LogP contribution in [0.1, 0.15) is 4.88 Å². The summed E-state index contributed by atoms with van der Waals surface area (Å²) in [6.07, 6.45) is 0.120. The third kappa shape index (κ3) is 4.14. The number of β-lactam (4-membered cyclic amide) rings is 1. The minimum absolute atomic E-state index is 0. The first-order valence-corrected chi connectivity index (χ1v) is 7.86. The van der Waals surface area contributed by atoms with Gasteiger partial charge in [-0.1, -0.05) is 6.07 Å². The van der Waals surface area contributed by atoms with Gasteiger partial charge in [-0.3, -0.25) is 14.4 Å². The fourth-order valence-corrected chi connectivity index (χ4v) is 3.26. The fourth-order valence-electron chi connectivity index (χ4n) is 1.85. The van der Waals surface area contributed by atoms with Crippen molar-refractivity contribution in [1.82, 2.24) is 14.9 Å². The van der Waals surface area contributed by atoms with Crippen molar-refractivity contribution in [2.45, 2.75) is 12.1 Å². The summed E-state index contributed by atoms with van der Waals surface area (Å²) in [6, 6.07) is 3.45. The predicted octanol–water partition coefficient (Wildman–Crippen LogP) is -4.84. The Hall–Kier alpha value is -0.344. The molecule has 2 rings (SSSR count). The van der Waals surface area contributed by atoms with Crippen LogP contribution >= 0.6 is 11.3 Å². The van der Waals surface area contributed by atoms with Crippen molar-refractivity contribution in [2.24, 2.45) is 0 Å². The van der Waals surface area contributed by atoms with Crippen LogP contribution in [0.15, 0.2) is 17.5 Å². The van der Waals surface area contributed by atoms with Crippen molar-refractivity contribution >= 4 is 39.9 Å². The number of nitrogens with one attached hydrogen (secondary N) is 2. The summed E-state index contributed by atoms with van der Waals surface area (Å²) in [5, 5.41) is 6.07. The first-order chi connectivity index (χ1) is 9.78. The Labute approximate surface area is 172 Å². The fraction of sp³-hybridized carbons (Fsp3) is 0.300. The van der Waals surface area contributed by atoms with Crippen LogP contribution in [0.5, 0.6) is 0 Å². The van der Waals surface area contributed by atoms with Crippen molar-refractivity contribution in [1.29, 1.82) is 0 Å². The predicted molar refractivity (Wildman–Crippen MR) is 69.5 cm³/mol. The molecule has 1 unspecified atom stereocenters. The zero-order valence-corrected chi connectivity index (χ0v) is 16.2. The summed E-state index contributed by atoms with van der Waals surface area (Å²) in [7, 11) is -4.96. The van der Waals surface area contributed by atoms with E-state index >= 15 is 0 Å². The van der Waals surface area contributed by atoms with E-state index < -0.39 is 34.3 Å². The molecular weight excluding hydrogens is 361 g/mol. The quantitative estimate of drug-likeness (QED) is 0.169. The van der Waals surface area contributed by atoms with Crippen molar-refractivity contribution in [3.05, 3.63) is 22.4 Å². The van der Waals surface area contributed by atoms with E-state index in [9.17, 15) is 27.4 Å². The maximum absolute atomic E-state index is 11.8. The summed E-state index contributed by atoms with van der Waals surface area (Å²) in [6.45, 7) is -0.632. The second kappa shape index (κ2) is 7.48. The first-order valence-electron chi connectivity index (χ1n) is 5.61. The molecule has 1 fully saturated rings. The van der Waals surface area contributed by atoms with E-state index in [-0.39, 0.29) is 68.5 Å². The third-order valence-corrected chi connectivity index (χ3v) is 4.53. The molecule has 1 aromatic heterocycles. The van der Waals surface area contributed by atoms with Gasteiger partial charge in [0.2, 0.25) is 18.0 Å². The van der Waals surface area contributed by atoms with Gasteiger partial charge in [-0.15, -0.1) is 11.3 Å². The summed E-state index contributed by atoms with van der Waals surface area (Å²) in [5.41, 5.74) is -1.88. The standard InChI is InChI=1S/C10H11N3O6S2.K/c14-6-11-10(5-13(9(10)16)21(17,18)19)12-8(15)4-7-2-1-3-20-7;/h1-3,6H,4-5H2,(H,11,14)(H,12,15)(H,17,18,19);/q;+1/p-1. The minimum Gasteiger partial charge on any atom is -0.731 e. The number of thiophene rings is 1. The van der Waals surface area contributed by atoms with Crippen LogP contribution in [0.2, 0.25) is 0 Å². The molecule has 1 atom stereocenters. The van der Waals surface area contributed by atoms with Crippen LogP contribution in [-0.2, 0) is 31.1 Å². The Morgan fingerprint density at radius 3 is 2.68 bits per heavy atom. The van der Waals surface area contributed by atoms with Gasteiger partial charge in [-0.25, -0.2) is 12.7 Å². The van der Waals surface area contributed by atoms with Crippen LogP contribution < -0.4 is 62.0 Å². The largest absolute Gasteiger partial charge is 1.00 e. The van der Waals surface area contributed by atoms with Crippen LogP contribution in [-0.4, -0.2) is 47.7 Å². The van der Waals surface area contributed by atoms with Gasteiger partial charge in [-0.2, -0.15) is 0 Å². The number of hydrogen-bond donors (Lipinski definition) is 2. The molecule has 22 heavy (non-hydrogen) atoms. The molecule has 12 heteroatoms. The molecule has 2 heterocycles. The Kier molecular flexibility index (Phi) is 6.70. The Balaban J connectivity index is 0.00000242. The van der Waals surface area contributed by atoms with Crippen LogP contribution in [0.4, 0.5) is 0 Å². The molecule has 0 saturated carbocycles. The van der Waals surface area contributed by atoms with E-state index in [1.54, 1.807) is 17.5 Å². The maximum atomic E-state index is 11.8. The van der Waals surface area contributed by atoms with Gasteiger partial charge in [-0.05, 0) is 11.4 Å². The number of rotatable bonds is 6. The molecule has 1 saturated heterocycles. The smallest absolute Gasteiger partial charge is 0.731 e. The molecule has 2 N–H and O–H groups in total. The number of amides is 3. The molecule has 114 valence electrons. The second-order valence-electron chi connectivity index (χ2n) is 4.24. The average molecular weight is 371 g/mol. The van der Waals surface area contributed by atoms with Crippen LogP contribution in [0, 0.1) is 0 Å². The van der Waals surface area contributed by atoms with Crippen molar-refractivity contribution in [3.63, 3.8) is 0 Å². The molecule has 0 spiro atoms. The average Bonchev–Trinajstić information content (AvgIpc) is 2.86. The van der Waals surface area contributed by atoms with E-state index in [2.05, 4.69) is 10.6 Å². The SMILES string of the molecule is O=CNC1(NC(=O)Cc2cccs2)CN(S(=O)(=O)[O-])C1=O.[K+]. The van der Waals surface area contributed by atoms with Gasteiger partial charge in [0.05, 0.1) is 13.0 Å². The summed E-state index contributed by atoms with van der Waals surface area (Å²) in [4.78, 5) is 34.9. The van der Waals surface area contributed by atoms with E-state index in [0.29, 0.717) is 0 Å². The normalized spacial score (nSPS) is 20.6. The first kappa shape index (κ1) is 19.7. The van der Waals surface area contributed by atoms with E-state index in [1.807, 2.05) is 0 Å². The zero-order chi connectivity index (χ0) is 15.7. The summed E-state index contributed by atoms with van der Waals surface area (Å²) >= 11 is 1.33. The van der Waals surface area contributed by atoms with Gasteiger partial charge >= 0.3 is 51.4 Å². The third-order valence-electron chi connectivity index (χ3n) is 2.82. The van der Waals surface area contributed by atoms with Gasteiger partial charge in [0.25, 0.3) is 5.91 Å². The van der Waals surface area contributed by atoms with Crippen LogP contribution in [0.25, 0.3) is 0 Å². The van der Waals surface area contributed by atoms with Crippen molar-refractivity contribution in [2.75, 3.05) is 6.54 Å². The van der Waals surface area contributed by atoms with Gasteiger partial charge in [0, 0.05) is 4.88 Å². The second-order valence-corrected chi connectivity index (χ2v) is 6.57. The van der Waals surface area contributed by atoms with E-state index in [0.717, 1.165) is 4.88 Å². The van der Waals surface area contributed by atoms with Crippen LogP contribution in [0.3, 0.4) is 0 Å². The number of nitrogens with zero attached hydrogens (tertiary/aromatic N) is 1. The molecule has 9 nitrogen and oxygen atoms in total. The number of hydrogen-bond acceptors (Lipinski definition) is 7. The molecule has 1 aliphatic rings. The van der Waals surface area contributed by atoms with Gasteiger partial charge in [0.1, 0.15) is 0 Å². The van der Waals surface area contributed by atoms with Crippen molar-refractivity contribution in [3.8, 4) is 0 Å². The Bertz CT molecular complexity index is 677.